The Hall–Kier alpha value is -2.13. The first-order valence-electron chi connectivity index (χ1n) is 7.14. The molecule has 0 aliphatic carbocycles. The maximum absolute atomic E-state index is 12.4. The van der Waals surface area contributed by atoms with Crippen molar-refractivity contribution in [3.63, 3.8) is 0 Å². The lowest BCUT2D eigenvalue weighted by Gasteiger charge is -2.25. The monoisotopic (exact) mass is 282 g/mol. The van der Waals surface area contributed by atoms with Crippen LogP contribution in [0.2, 0.25) is 0 Å². The molecule has 0 bridgehead atoms. The Morgan fingerprint density at radius 1 is 1.19 bits per heavy atom. The van der Waals surface area contributed by atoms with E-state index < -0.39 is 0 Å². The van der Waals surface area contributed by atoms with Crippen molar-refractivity contribution in [2.24, 2.45) is 0 Å². The molecule has 1 aliphatic rings. The number of hydrogen-bond acceptors (Lipinski definition) is 3. The zero-order chi connectivity index (χ0) is 14.7. The van der Waals surface area contributed by atoms with Crippen LogP contribution in [0.15, 0.2) is 48.5 Å². The number of ketones is 1. The van der Waals surface area contributed by atoms with Crippen molar-refractivity contribution < 1.29 is 14.3 Å². The molecule has 1 aliphatic heterocycles. The van der Waals surface area contributed by atoms with Gasteiger partial charge in [-0.2, -0.15) is 0 Å². The Bertz CT molecular complexity index is 631. The van der Waals surface area contributed by atoms with E-state index in [0.29, 0.717) is 18.6 Å². The number of benzene rings is 2. The molecule has 2 aromatic carbocycles. The van der Waals surface area contributed by atoms with Crippen LogP contribution in [0.5, 0.6) is 5.75 Å². The minimum Gasteiger partial charge on any atom is -0.497 e. The van der Waals surface area contributed by atoms with Gasteiger partial charge in [-0.1, -0.05) is 24.3 Å². The summed E-state index contributed by atoms with van der Waals surface area (Å²) in [5, 5.41) is 0. The molecule has 0 fully saturated rings. The Balaban J connectivity index is 1.76. The van der Waals surface area contributed by atoms with Crippen molar-refractivity contribution in [2.75, 3.05) is 13.7 Å². The molecule has 1 atom stereocenters. The number of ether oxygens (including phenoxy) is 2. The maximum Gasteiger partial charge on any atom is 0.165 e. The molecule has 21 heavy (non-hydrogen) atoms. The molecule has 1 heterocycles. The van der Waals surface area contributed by atoms with Crippen molar-refractivity contribution in [2.45, 2.75) is 18.9 Å². The second-order valence-electron chi connectivity index (χ2n) is 5.16. The molecule has 1 unspecified atom stereocenters. The third-order valence-corrected chi connectivity index (χ3v) is 3.88. The van der Waals surface area contributed by atoms with Gasteiger partial charge in [0.25, 0.3) is 0 Å². The summed E-state index contributed by atoms with van der Waals surface area (Å²) in [7, 11) is 1.61. The van der Waals surface area contributed by atoms with Crippen LogP contribution in [-0.4, -0.2) is 19.5 Å². The van der Waals surface area contributed by atoms with E-state index in [2.05, 4.69) is 12.1 Å². The van der Waals surface area contributed by atoms with Crippen molar-refractivity contribution >= 4 is 5.78 Å². The first kappa shape index (κ1) is 13.8. The van der Waals surface area contributed by atoms with Gasteiger partial charge in [-0.15, -0.1) is 0 Å². The number of fused-ring (bicyclic) bond motifs is 1. The molecule has 0 saturated heterocycles. The quantitative estimate of drug-likeness (QED) is 0.804. The molecule has 0 saturated carbocycles. The average Bonchev–Trinajstić information content (AvgIpc) is 2.55. The van der Waals surface area contributed by atoms with E-state index in [0.717, 1.165) is 17.7 Å². The summed E-state index contributed by atoms with van der Waals surface area (Å²) in [5.41, 5.74) is 3.13. The van der Waals surface area contributed by atoms with Gasteiger partial charge in [0.05, 0.1) is 19.8 Å². The summed E-state index contributed by atoms with van der Waals surface area (Å²) in [5.74, 6) is 0.852. The molecular weight excluding hydrogens is 264 g/mol. The van der Waals surface area contributed by atoms with Crippen LogP contribution in [0.4, 0.5) is 0 Å². The largest absolute Gasteiger partial charge is 0.497 e. The summed E-state index contributed by atoms with van der Waals surface area (Å²) in [6, 6.07) is 15.4. The third-order valence-electron chi connectivity index (χ3n) is 3.88. The van der Waals surface area contributed by atoms with Crippen molar-refractivity contribution in [3.05, 3.63) is 65.2 Å². The minimum atomic E-state index is -0.135. The standard InChI is InChI=1S/C18H18O3/c1-20-15-8-6-14(7-9-15)17(19)12-18-16-5-3-2-4-13(16)10-11-21-18/h2-9,18H,10-12H2,1H3. The molecule has 0 radical (unpaired) electrons. The number of carbonyl (C=O) groups is 1. The summed E-state index contributed by atoms with van der Waals surface area (Å²) < 4.78 is 10.9. The van der Waals surface area contributed by atoms with Crippen LogP contribution >= 0.6 is 0 Å². The van der Waals surface area contributed by atoms with E-state index in [9.17, 15) is 4.79 Å². The molecule has 0 aromatic heterocycles. The normalized spacial score (nSPS) is 17.1. The third kappa shape index (κ3) is 2.98. The molecule has 0 amide bonds. The van der Waals surface area contributed by atoms with E-state index in [1.807, 2.05) is 24.3 Å². The number of Topliss-reactive ketones (excluding diaryl/α,β-unsaturated/α-hetero) is 1. The van der Waals surface area contributed by atoms with E-state index in [1.54, 1.807) is 19.2 Å². The Morgan fingerprint density at radius 2 is 1.95 bits per heavy atom. The van der Waals surface area contributed by atoms with E-state index in [1.165, 1.54) is 5.56 Å². The van der Waals surface area contributed by atoms with Gasteiger partial charge < -0.3 is 9.47 Å². The predicted octanol–water partition coefficient (Wildman–Crippen LogP) is 3.58. The Morgan fingerprint density at radius 3 is 2.71 bits per heavy atom. The second-order valence-corrected chi connectivity index (χ2v) is 5.16. The number of hydrogen-bond donors (Lipinski definition) is 0. The maximum atomic E-state index is 12.4. The fourth-order valence-electron chi connectivity index (χ4n) is 2.71. The minimum absolute atomic E-state index is 0.0966. The molecule has 3 heteroatoms. The lowest BCUT2D eigenvalue weighted by Crippen LogP contribution is -2.19. The molecule has 3 rings (SSSR count). The van der Waals surface area contributed by atoms with Crippen LogP contribution in [0, 0.1) is 0 Å². The van der Waals surface area contributed by atoms with Crippen molar-refractivity contribution in [3.8, 4) is 5.75 Å². The van der Waals surface area contributed by atoms with E-state index in [-0.39, 0.29) is 11.9 Å². The smallest absolute Gasteiger partial charge is 0.165 e. The molecular formula is C18H18O3. The highest BCUT2D eigenvalue weighted by atomic mass is 16.5. The molecule has 0 N–H and O–H groups in total. The zero-order valence-corrected chi connectivity index (χ0v) is 12.0. The average molecular weight is 282 g/mol. The van der Waals surface area contributed by atoms with Gasteiger partial charge in [0.15, 0.2) is 5.78 Å². The molecule has 2 aromatic rings. The topological polar surface area (TPSA) is 35.5 Å². The first-order chi connectivity index (χ1) is 10.3. The lowest BCUT2D eigenvalue weighted by molar-refractivity contribution is 0.0352. The van der Waals surface area contributed by atoms with Gasteiger partial charge in [0.2, 0.25) is 0 Å². The zero-order valence-electron chi connectivity index (χ0n) is 12.0. The highest BCUT2D eigenvalue weighted by Gasteiger charge is 2.23. The number of rotatable bonds is 4. The van der Waals surface area contributed by atoms with Crippen LogP contribution in [0.25, 0.3) is 0 Å². The number of carbonyl (C=O) groups excluding carboxylic acids is 1. The van der Waals surface area contributed by atoms with Gasteiger partial charge in [-0.25, -0.2) is 0 Å². The van der Waals surface area contributed by atoms with Gasteiger partial charge in [-0.3, -0.25) is 4.79 Å². The van der Waals surface area contributed by atoms with Crippen molar-refractivity contribution in [1.29, 1.82) is 0 Å². The summed E-state index contributed by atoms with van der Waals surface area (Å²) in [6.45, 7) is 0.678. The fraction of sp³-hybridized carbons (Fsp3) is 0.278. The molecule has 0 spiro atoms. The Kier molecular flexibility index (Phi) is 4.02. The van der Waals surface area contributed by atoms with Crippen molar-refractivity contribution in [1.82, 2.24) is 0 Å². The second kappa shape index (κ2) is 6.10. The highest BCUT2D eigenvalue weighted by molar-refractivity contribution is 5.96. The Labute approximate surface area is 124 Å². The summed E-state index contributed by atoms with van der Waals surface area (Å²) >= 11 is 0. The van der Waals surface area contributed by atoms with Crippen LogP contribution in [0.1, 0.15) is 34.0 Å². The van der Waals surface area contributed by atoms with Crippen LogP contribution in [-0.2, 0) is 11.2 Å². The van der Waals surface area contributed by atoms with Gasteiger partial charge >= 0.3 is 0 Å². The molecule has 3 nitrogen and oxygen atoms in total. The lowest BCUT2D eigenvalue weighted by atomic mass is 9.93. The summed E-state index contributed by atoms with van der Waals surface area (Å²) in [4.78, 5) is 12.4. The van der Waals surface area contributed by atoms with Crippen LogP contribution in [0.3, 0.4) is 0 Å². The van der Waals surface area contributed by atoms with E-state index >= 15 is 0 Å². The van der Waals surface area contributed by atoms with E-state index in [4.69, 9.17) is 9.47 Å². The first-order valence-corrected chi connectivity index (χ1v) is 7.14. The SMILES string of the molecule is COc1ccc(C(=O)CC2OCCc3ccccc32)cc1. The van der Waals surface area contributed by atoms with Gasteiger partial charge in [0, 0.05) is 12.0 Å². The van der Waals surface area contributed by atoms with Crippen LogP contribution < -0.4 is 4.74 Å². The predicted molar refractivity (Wildman–Crippen MR) is 80.8 cm³/mol. The molecule has 108 valence electrons. The highest BCUT2D eigenvalue weighted by Crippen LogP contribution is 2.30. The van der Waals surface area contributed by atoms with Gasteiger partial charge in [-0.05, 0) is 41.8 Å². The van der Waals surface area contributed by atoms with Gasteiger partial charge in [0.1, 0.15) is 5.75 Å². The summed E-state index contributed by atoms with van der Waals surface area (Å²) in [6.07, 6.45) is 1.16. The fourth-order valence-corrected chi connectivity index (χ4v) is 2.71. The number of methoxy groups -OCH3 is 1.